The lowest BCUT2D eigenvalue weighted by Gasteiger charge is -2.11. The molecular weight excluding hydrogens is 349 g/mol. The van der Waals surface area contributed by atoms with E-state index in [0.29, 0.717) is 0 Å². The summed E-state index contributed by atoms with van der Waals surface area (Å²) in [5.74, 6) is 14.7. The summed E-state index contributed by atoms with van der Waals surface area (Å²) < 4.78 is 0. The van der Waals surface area contributed by atoms with Crippen molar-refractivity contribution in [2.75, 3.05) is 63.3 Å². The quantitative estimate of drug-likeness (QED) is 0.593. The molecule has 19 heavy (non-hydrogen) atoms. The average molecular weight is 375 g/mol. The van der Waals surface area contributed by atoms with Gasteiger partial charge in [-0.1, -0.05) is 6.92 Å². The summed E-state index contributed by atoms with van der Waals surface area (Å²) in [5, 5.41) is 0.833. The van der Waals surface area contributed by atoms with E-state index in [1.807, 2.05) is 0 Å². The molecule has 1 heterocycles. The molecule has 114 valence electrons. The van der Waals surface area contributed by atoms with Gasteiger partial charge in [-0.2, -0.15) is 70.6 Å². The lowest BCUT2D eigenvalue weighted by atomic mass is 10.6. The molecule has 1 atom stereocenters. The fourth-order valence-electron chi connectivity index (χ4n) is 1.49. The Bertz CT molecular complexity index is 172. The summed E-state index contributed by atoms with van der Waals surface area (Å²) in [6, 6.07) is 0. The van der Waals surface area contributed by atoms with Crippen LogP contribution in [0.2, 0.25) is 0 Å². The van der Waals surface area contributed by atoms with Crippen LogP contribution >= 0.6 is 70.6 Å². The van der Waals surface area contributed by atoms with Gasteiger partial charge in [-0.15, -0.1) is 0 Å². The van der Waals surface area contributed by atoms with E-state index in [-0.39, 0.29) is 0 Å². The highest BCUT2D eigenvalue weighted by molar-refractivity contribution is 8.07. The van der Waals surface area contributed by atoms with Crippen LogP contribution in [0, 0.1) is 0 Å². The van der Waals surface area contributed by atoms with Crippen molar-refractivity contribution in [2.45, 2.75) is 12.2 Å². The minimum absolute atomic E-state index is 0.833. The van der Waals surface area contributed by atoms with Gasteiger partial charge in [0, 0.05) is 68.5 Å². The zero-order chi connectivity index (χ0) is 13.6. The first kappa shape index (κ1) is 19.1. The third-order valence-corrected chi connectivity index (χ3v) is 10.3. The molecule has 0 spiro atoms. The van der Waals surface area contributed by atoms with Gasteiger partial charge in [0.25, 0.3) is 0 Å². The Balaban J connectivity index is 2.08. The molecule has 1 unspecified atom stereocenters. The minimum atomic E-state index is 0.833. The van der Waals surface area contributed by atoms with Crippen LogP contribution in [0.4, 0.5) is 0 Å². The fourth-order valence-corrected chi connectivity index (χ4v) is 8.50. The summed E-state index contributed by atoms with van der Waals surface area (Å²) in [6.07, 6.45) is 0. The Hall–Kier alpha value is 2.10. The summed E-state index contributed by atoms with van der Waals surface area (Å²) in [7, 11) is 0. The van der Waals surface area contributed by atoms with Gasteiger partial charge < -0.3 is 0 Å². The maximum absolute atomic E-state index is 2.39. The number of rotatable bonds is 0. The SMILES string of the molecule is CC1CSCCSCCSCCSCCSCCS1. The van der Waals surface area contributed by atoms with Crippen molar-refractivity contribution in [1.29, 1.82) is 0 Å². The molecule has 0 aromatic carbocycles. The van der Waals surface area contributed by atoms with Gasteiger partial charge in [-0.05, 0) is 0 Å². The highest BCUT2D eigenvalue weighted by Gasteiger charge is 2.03. The molecule has 0 bridgehead atoms. The van der Waals surface area contributed by atoms with Gasteiger partial charge in [-0.3, -0.25) is 0 Å². The molecule has 0 saturated carbocycles. The van der Waals surface area contributed by atoms with E-state index in [0.717, 1.165) is 5.25 Å². The second kappa shape index (κ2) is 15.0. The summed E-state index contributed by atoms with van der Waals surface area (Å²) in [4.78, 5) is 0. The van der Waals surface area contributed by atoms with E-state index in [9.17, 15) is 0 Å². The minimum Gasteiger partial charge on any atom is -0.160 e. The lowest BCUT2D eigenvalue weighted by molar-refractivity contribution is 1.13. The normalized spacial score (nSPS) is 27.3. The standard InChI is InChI=1S/C13H26S6/c1-13-12-18-9-8-16-5-4-14-2-3-15-6-7-17-10-11-19-13/h13H,2-12H2,1H3. The van der Waals surface area contributed by atoms with E-state index in [1.54, 1.807) is 0 Å². The lowest BCUT2D eigenvalue weighted by Crippen LogP contribution is -2.04. The van der Waals surface area contributed by atoms with Crippen LogP contribution < -0.4 is 0 Å². The van der Waals surface area contributed by atoms with E-state index >= 15 is 0 Å². The molecule has 1 saturated heterocycles. The smallest absolute Gasteiger partial charge is 0.0110 e. The Kier molecular flexibility index (Phi) is 15.1. The van der Waals surface area contributed by atoms with E-state index in [2.05, 4.69) is 77.5 Å². The molecule has 1 aliphatic heterocycles. The van der Waals surface area contributed by atoms with Gasteiger partial charge in [0.2, 0.25) is 0 Å². The van der Waals surface area contributed by atoms with Crippen LogP contribution in [-0.2, 0) is 0 Å². The van der Waals surface area contributed by atoms with Crippen LogP contribution in [0.1, 0.15) is 6.92 Å². The molecule has 1 fully saturated rings. The van der Waals surface area contributed by atoms with E-state index in [4.69, 9.17) is 0 Å². The van der Waals surface area contributed by atoms with Gasteiger partial charge in [-0.25, -0.2) is 0 Å². The summed E-state index contributed by atoms with van der Waals surface area (Å²) >= 11 is 12.9. The Morgan fingerprint density at radius 1 is 0.526 bits per heavy atom. The Labute approximate surface area is 145 Å². The van der Waals surface area contributed by atoms with Crippen LogP contribution in [0.15, 0.2) is 0 Å². The van der Waals surface area contributed by atoms with Crippen LogP contribution in [0.25, 0.3) is 0 Å². The molecule has 0 amide bonds. The van der Waals surface area contributed by atoms with Crippen LogP contribution in [-0.4, -0.2) is 68.5 Å². The van der Waals surface area contributed by atoms with Crippen LogP contribution in [0.3, 0.4) is 0 Å². The van der Waals surface area contributed by atoms with Crippen molar-refractivity contribution in [2.24, 2.45) is 0 Å². The van der Waals surface area contributed by atoms with Gasteiger partial charge in [0.1, 0.15) is 0 Å². The maximum Gasteiger partial charge on any atom is 0.0110 e. The van der Waals surface area contributed by atoms with Gasteiger partial charge >= 0.3 is 0 Å². The van der Waals surface area contributed by atoms with Gasteiger partial charge in [0.15, 0.2) is 0 Å². The first-order chi connectivity index (χ1) is 9.39. The molecule has 1 aliphatic rings. The van der Waals surface area contributed by atoms with Crippen molar-refractivity contribution in [3.05, 3.63) is 0 Å². The predicted molar refractivity (Wildman–Crippen MR) is 109 cm³/mol. The molecule has 0 nitrogen and oxygen atoms in total. The van der Waals surface area contributed by atoms with Crippen molar-refractivity contribution in [1.82, 2.24) is 0 Å². The van der Waals surface area contributed by atoms with E-state index < -0.39 is 0 Å². The first-order valence-corrected chi connectivity index (χ1v) is 13.7. The first-order valence-electron chi connectivity index (χ1n) is 6.90. The third-order valence-electron chi connectivity index (χ3n) is 2.47. The van der Waals surface area contributed by atoms with Gasteiger partial charge in [0.05, 0.1) is 0 Å². The average Bonchev–Trinajstić information content (AvgIpc) is 2.41. The monoisotopic (exact) mass is 374 g/mol. The van der Waals surface area contributed by atoms with Crippen molar-refractivity contribution >= 4 is 70.6 Å². The molecule has 0 aromatic heterocycles. The highest BCUT2D eigenvalue weighted by atomic mass is 32.2. The summed E-state index contributed by atoms with van der Waals surface area (Å²) in [6.45, 7) is 2.39. The molecule has 0 aliphatic carbocycles. The van der Waals surface area contributed by atoms with Crippen molar-refractivity contribution in [3.63, 3.8) is 0 Å². The third kappa shape index (κ3) is 13.5. The molecule has 0 N–H and O–H groups in total. The molecule has 0 aromatic rings. The fraction of sp³-hybridized carbons (Fsp3) is 1.00. The largest absolute Gasteiger partial charge is 0.160 e. The molecule has 6 heteroatoms. The molecule has 1 rings (SSSR count). The topological polar surface area (TPSA) is 0 Å². The summed E-state index contributed by atoms with van der Waals surface area (Å²) in [5.41, 5.74) is 0. The molecular formula is C13H26S6. The molecule has 0 radical (unpaired) electrons. The van der Waals surface area contributed by atoms with Crippen molar-refractivity contribution < 1.29 is 0 Å². The number of hydrogen-bond acceptors (Lipinski definition) is 6. The van der Waals surface area contributed by atoms with Crippen LogP contribution in [0.5, 0.6) is 0 Å². The maximum atomic E-state index is 2.39. The zero-order valence-corrected chi connectivity index (χ0v) is 16.7. The van der Waals surface area contributed by atoms with Crippen molar-refractivity contribution in [3.8, 4) is 0 Å². The Morgan fingerprint density at radius 2 is 0.895 bits per heavy atom. The number of hydrogen-bond donors (Lipinski definition) is 0. The number of thioether (sulfide) groups is 6. The van der Waals surface area contributed by atoms with E-state index in [1.165, 1.54) is 63.3 Å². The second-order valence-electron chi connectivity index (χ2n) is 4.21. The second-order valence-corrected chi connectivity index (χ2v) is 11.8. The Morgan fingerprint density at radius 3 is 1.37 bits per heavy atom. The zero-order valence-electron chi connectivity index (χ0n) is 11.8. The predicted octanol–water partition coefficient (Wildman–Crippen LogP) is 4.79. The highest BCUT2D eigenvalue weighted by Crippen LogP contribution is 2.19.